The molecule has 2 aliphatic heterocycles. The summed E-state index contributed by atoms with van der Waals surface area (Å²) >= 11 is 0. The van der Waals surface area contributed by atoms with Gasteiger partial charge in [0, 0.05) is 34.7 Å². The third-order valence-corrected chi connectivity index (χ3v) is 10.1. The van der Waals surface area contributed by atoms with E-state index < -0.39 is 0 Å². The average molecular weight is 619 g/mol. The van der Waals surface area contributed by atoms with Crippen molar-refractivity contribution in [1.82, 2.24) is 19.5 Å². The van der Waals surface area contributed by atoms with Gasteiger partial charge in [0.15, 0.2) is 0 Å². The van der Waals surface area contributed by atoms with E-state index in [1.165, 1.54) is 105 Å². The van der Waals surface area contributed by atoms with Crippen LogP contribution in [0.15, 0.2) is 30.3 Å². The first-order valence-electron chi connectivity index (χ1n) is 18.2. The van der Waals surface area contributed by atoms with Crippen LogP contribution in [0.3, 0.4) is 0 Å². The minimum absolute atomic E-state index is 0.463. The number of H-pyrrole nitrogens is 1. The van der Waals surface area contributed by atoms with Crippen LogP contribution in [0.5, 0.6) is 0 Å². The topological polar surface area (TPSA) is 46.5 Å². The molecule has 0 amide bonds. The van der Waals surface area contributed by atoms with Crippen LogP contribution in [-0.4, -0.2) is 19.5 Å². The van der Waals surface area contributed by atoms with Gasteiger partial charge in [0.1, 0.15) is 0 Å². The van der Waals surface area contributed by atoms with Crippen molar-refractivity contribution in [1.29, 1.82) is 0 Å². The van der Waals surface area contributed by atoms with Gasteiger partial charge in [-0.3, -0.25) is 0 Å². The number of hydrogen-bond donors (Lipinski definition) is 1. The SMILES string of the molecule is CCC(CCCCCCCCCCCCC(C)(C)C)c1c2nc(cc3ccc(cc4nc(cc5c(C)c(C)c1n5C)C=C4)[nH]3)C=C2. The van der Waals surface area contributed by atoms with Gasteiger partial charge < -0.3 is 9.55 Å². The molecule has 0 spiro atoms. The molecular weight excluding hydrogens is 560 g/mol. The van der Waals surface area contributed by atoms with E-state index in [1.54, 1.807) is 0 Å². The van der Waals surface area contributed by atoms with Gasteiger partial charge in [0.2, 0.25) is 0 Å². The fourth-order valence-corrected chi connectivity index (χ4v) is 7.34. The Morgan fingerprint density at radius 3 is 1.85 bits per heavy atom. The van der Waals surface area contributed by atoms with Crippen LogP contribution in [0, 0.1) is 19.3 Å². The Kier molecular flexibility index (Phi) is 11.4. The van der Waals surface area contributed by atoms with E-state index in [-0.39, 0.29) is 0 Å². The first-order chi connectivity index (χ1) is 22.1. The predicted molar refractivity (Wildman–Crippen MR) is 201 cm³/mol. The minimum Gasteiger partial charge on any atom is -0.355 e. The molecule has 3 aromatic heterocycles. The number of aromatic nitrogens is 4. The number of hydrogen-bond acceptors (Lipinski definition) is 2. The maximum atomic E-state index is 5.24. The Morgan fingerprint density at radius 2 is 1.24 bits per heavy atom. The summed E-state index contributed by atoms with van der Waals surface area (Å²) in [5.41, 5.74) is 13.3. The van der Waals surface area contributed by atoms with Gasteiger partial charge in [-0.05, 0) is 110 Å². The number of aryl methyl sites for hydroxylation is 3. The van der Waals surface area contributed by atoms with Gasteiger partial charge in [0.05, 0.1) is 22.8 Å². The molecule has 4 heteroatoms. The van der Waals surface area contributed by atoms with Crippen LogP contribution < -0.4 is 0 Å². The Balaban J connectivity index is 1.34. The highest BCUT2D eigenvalue weighted by Crippen LogP contribution is 2.37. The van der Waals surface area contributed by atoms with E-state index in [9.17, 15) is 0 Å². The summed E-state index contributed by atoms with van der Waals surface area (Å²) in [5, 5.41) is 0. The highest BCUT2D eigenvalue weighted by atomic mass is 14.9. The molecule has 246 valence electrons. The second kappa shape index (κ2) is 15.5. The van der Waals surface area contributed by atoms with Crippen molar-refractivity contribution in [3.8, 4) is 0 Å². The van der Waals surface area contributed by atoms with Crippen LogP contribution in [0.1, 0.15) is 157 Å². The molecule has 3 aromatic rings. The zero-order chi connectivity index (χ0) is 32.7. The van der Waals surface area contributed by atoms with E-state index in [0.29, 0.717) is 11.3 Å². The lowest BCUT2D eigenvalue weighted by atomic mass is 9.88. The average Bonchev–Trinajstić information content (AvgIpc) is 3.80. The number of aromatic amines is 1. The van der Waals surface area contributed by atoms with Gasteiger partial charge in [-0.2, -0.15) is 0 Å². The molecule has 0 saturated carbocycles. The number of rotatable bonds is 14. The fraction of sp³-hybridized carbons (Fsp3) is 0.524. The molecule has 1 N–H and O–H groups in total. The van der Waals surface area contributed by atoms with Gasteiger partial charge in [-0.15, -0.1) is 0 Å². The van der Waals surface area contributed by atoms with Gasteiger partial charge in [-0.1, -0.05) is 91.9 Å². The number of nitrogens with one attached hydrogen (secondary N) is 1. The lowest BCUT2D eigenvalue weighted by molar-refractivity contribution is 0.356. The molecular formula is C42H58N4. The molecule has 1 atom stereocenters. The number of fused-ring (bicyclic) bond motifs is 8. The van der Waals surface area contributed by atoms with E-state index in [1.807, 2.05) is 0 Å². The van der Waals surface area contributed by atoms with Crippen LogP contribution in [0.2, 0.25) is 0 Å². The second-order valence-corrected chi connectivity index (χ2v) is 15.0. The Labute approximate surface area is 278 Å². The lowest BCUT2D eigenvalue weighted by Gasteiger charge is -2.18. The van der Waals surface area contributed by atoms with Crippen molar-refractivity contribution in [2.24, 2.45) is 12.5 Å². The number of unbranched alkanes of at least 4 members (excludes halogenated alkanes) is 9. The molecule has 8 bridgehead atoms. The number of nitrogens with zero attached hydrogens (tertiary/aromatic N) is 3. The van der Waals surface area contributed by atoms with E-state index in [4.69, 9.17) is 9.97 Å². The molecule has 4 nitrogen and oxygen atoms in total. The molecule has 0 aromatic carbocycles. The first kappa shape index (κ1) is 33.9. The molecule has 5 rings (SSSR count). The Bertz CT molecular complexity index is 1710. The molecule has 46 heavy (non-hydrogen) atoms. The molecule has 0 radical (unpaired) electrons. The van der Waals surface area contributed by atoms with Crippen molar-refractivity contribution in [2.75, 3.05) is 0 Å². The van der Waals surface area contributed by atoms with Crippen molar-refractivity contribution in [2.45, 2.75) is 131 Å². The van der Waals surface area contributed by atoms with Gasteiger partial charge in [-0.25, -0.2) is 9.97 Å². The van der Waals surface area contributed by atoms with Gasteiger partial charge in [0.25, 0.3) is 0 Å². The second-order valence-electron chi connectivity index (χ2n) is 15.0. The first-order valence-corrected chi connectivity index (χ1v) is 18.2. The van der Waals surface area contributed by atoms with E-state index in [0.717, 1.165) is 40.2 Å². The Morgan fingerprint density at radius 1 is 0.696 bits per heavy atom. The summed E-state index contributed by atoms with van der Waals surface area (Å²) in [5.74, 6) is 0.463. The largest absolute Gasteiger partial charge is 0.355 e. The van der Waals surface area contributed by atoms with E-state index >= 15 is 0 Å². The minimum atomic E-state index is 0.463. The summed E-state index contributed by atoms with van der Waals surface area (Å²) < 4.78 is 2.41. The molecule has 1 unspecified atom stereocenters. The molecule has 0 aliphatic carbocycles. The van der Waals surface area contributed by atoms with Crippen molar-refractivity contribution in [3.05, 3.63) is 69.8 Å². The summed E-state index contributed by atoms with van der Waals surface area (Å²) in [6.45, 7) is 14.0. The third-order valence-electron chi connectivity index (χ3n) is 10.1. The highest BCUT2D eigenvalue weighted by Gasteiger charge is 2.21. The Hall–Kier alpha value is -3.40. The normalized spacial score (nSPS) is 13.5. The monoisotopic (exact) mass is 618 g/mol. The zero-order valence-corrected chi connectivity index (χ0v) is 29.8. The van der Waals surface area contributed by atoms with Crippen molar-refractivity contribution in [3.63, 3.8) is 0 Å². The maximum absolute atomic E-state index is 5.24. The molecule has 2 aliphatic rings. The third kappa shape index (κ3) is 8.69. The van der Waals surface area contributed by atoms with Crippen LogP contribution in [0.4, 0.5) is 0 Å². The van der Waals surface area contributed by atoms with Crippen LogP contribution in [-0.2, 0) is 7.05 Å². The maximum Gasteiger partial charge on any atom is 0.0693 e. The van der Waals surface area contributed by atoms with Crippen LogP contribution >= 0.6 is 0 Å². The predicted octanol–water partition coefficient (Wildman–Crippen LogP) is 12.5. The summed E-state index contributed by atoms with van der Waals surface area (Å²) in [4.78, 5) is 13.7. The smallest absolute Gasteiger partial charge is 0.0693 e. The summed E-state index contributed by atoms with van der Waals surface area (Å²) in [6.07, 6.45) is 26.1. The zero-order valence-electron chi connectivity index (χ0n) is 29.8. The molecule has 0 fully saturated rings. The molecule has 5 heterocycles. The highest BCUT2D eigenvalue weighted by molar-refractivity contribution is 5.83. The van der Waals surface area contributed by atoms with E-state index in [2.05, 4.69) is 113 Å². The van der Waals surface area contributed by atoms with Crippen LogP contribution in [0.25, 0.3) is 46.4 Å². The lowest BCUT2D eigenvalue weighted by Crippen LogP contribution is -2.04. The summed E-state index contributed by atoms with van der Waals surface area (Å²) in [6, 6.07) is 10.7. The quantitative estimate of drug-likeness (QED) is 0.126. The van der Waals surface area contributed by atoms with Crippen molar-refractivity contribution >= 4 is 46.4 Å². The van der Waals surface area contributed by atoms with Gasteiger partial charge >= 0.3 is 0 Å². The summed E-state index contributed by atoms with van der Waals surface area (Å²) in [7, 11) is 2.23. The van der Waals surface area contributed by atoms with Crippen molar-refractivity contribution < 1.29 is 0 Å². The molecule has 0 saturated heterocycles. The fourth-order valence-electron chi connectivity index (χ4n) is 7.34. The standard InChI is InChI=1S/C42H58N4/c1-8-32(19-17-15-13-11-9-10-12-14-16-18-26-42(4,5)6)40-38-25-24-36(45-38)28-35-21-20-33(43-35)27-34-22-23-37(44-34)29-39-30(2)31(3)41(40)46(39)7/h20-25,27-29,32,43H,8-19,26H2,1-7H3.